The second-order valence-corrected chi connectivity index (χ2v) is 22.7. The molecule has 18 heteroatoms. The minimum Gasteiger partial charge on any atom is -0.355 e. The van der Waals surface area contributed by atoms with Crippen molar-refractivity contribution >= 4 is 55.5 Å². The molecule has 78 heavy (non-hydrogen) atoms. The number of benzene rings is 4. The van der Waals surface area contributed by atoms with Gasteiger partial charge in [0.25, 0.3) is 34.7 Å². The molecule has 6 heterocycles. The van der Waals surface area contributed by atoms with E-state index in [1.807, 2.05) is 98.2 Å². The number of likely N-dealkylation sites (N-methyl/N-ethyl adjacent to an activating group) is 2. The molecule has 10 rings (SSSR count). The Morgan fingerprint density at radius 1 is 0.564 bits per heavy atom. The first-order valence-corrected chi connectivity index (χ1v) is 28.5. The number of carbonyl (C=O) groups excluding carboxylic acids is 4. The Morgan fingerprint density at radius 3 is 1.24 bits per heavy atom. The summed E-state index contributed by atoms with van der Waals surface area (Å²) in [6, 6.07) is 25.1. The maximum absolute atomic E-state index is 14.1. The van der Waals surface area contributed by atoms with E-state index in [1.54, 1.807) is 47.5 Å². The lowest BCUT2D eigenvalue weighted by atomic mass is 9.97. The average Bonchev–Trinajstić information content (AvgIpc) is 4.21. The van der Waals surface area contributed by atoms with Gasteiger partial charge in [0.05, 0.1) is 35.9 Å². The zero-order valence-corrected chi connectivity index (χ0v) is 48.8. The van der Waals surface area contributed by atoms with Gasteiger partial charge >= 0.3 is 0 Å². The molecule has 2 unspecified atom stereocenters. The van der Waals surface area contributed by atoms with Crippen LogP contribution >= 0.6 is 31.9 Å². The smallest absolute Gasteiger partial charge is 0.261 e. The highest BCUT2D eigenvalue weighted by Crippen LogP contribution is 2.33. The maximum Gasteiger partial charge on any atom is 0.261 e. The third kappa shape index (κ3) is 11.3. The highest BCUT2D eigenvalue weighted by Gasteiger charge is 2.37. The second-order valence-electron chi connectivity index (χ2n) is 21.0. The topological polar surface area (TPSA) is 175 Å². The summed E-state index contributed by atoms with van der Waals surface area (Å²) in [4.78, 5) is 98.1. The number of likely N-dealkylation sites (tertiary alicyclic amines) is 2. The molecule has 4 aromatic carbocycles. The molecule has 6 aromatic rings. The number of hydrogen-bond donors (Lipinski definition) is 2. The molecule has 2 aromatic heterocycles. The van der Waals surface area contributed by atoms with Gasteiger partial charge in [0.1, 0.15) is 11.6 Å². The van der Waals surface area contributed by atoms with Crippen molar-refractivity contribution in [3.63, 3.8) is 0 Å². The van der Waals surface area contributed by atoms with E-state index in [4.69, 9.17) is 9.97 Å². The first-order valence-electron chi connectivity index (χ1n) is 27.0. The lowest BCUT2D eigenvalue weighted by Crippen LogP contribution is -2.46. The summed E-state index contributed by atoms with van der Waals surface area (Å²) in [6.45, 7) is 18.2. The van der Waals surface area contributed by atoms with Crippen LogP contribution in [0.15, 0.2) is 103 Å². The van der Waals surface area contributed by atoms with Crippen molar-refractivity contribution in [2.45, 2.75) is 104 Å². The molecule has 0 bridgehead atoms. The summed E-state index contributed by atoms with van der Waals surface area (Å²) in [7, 11) is 3.19. The van der Waals surface area contributed by atoms with E-state index in [1.165, 1.54) is 0 Å². The summed E-state index contributed by atoms with van der Waals surface area (Å²) in [5.41, 5.74) is 8.22. The molecule has 0 radical (unpaired) electrons. The van der Waals surface area contributed by atoms with Crippen LogP contribution in [0.2, 0.25) is 0 Å². The zero-order chi connectivity index (χ0) is 55.7. The van der Waals surface area contributed by atoms with Gasteiger partial charge in [0.2, 0.25) is 0 Å². The molecular weight excluding hydrogens is 1120 g/mol. The lowest BCUT2D eigenvalue weighted by molar-refractivity contribution is 0.0645. The number of carbonyl (C=O) groups is 4. The molecule has 2 N–H and O–H groups in total. The predicted molar refractivity (Wildman–Crippen MR) is 309 cm³/mol. The molecule has 4 amide bonds. The Labute approximate surface area is 472 Å². The van der Waals surface area contributed by atoms with Crippen LogP contribution < -0.4 is 21.8 Å². The number of nitrogens with one attached hydrogen (secondary N) is 2. The Bertz CT molecular complexity index is 3190. The van der Waals surface area contributed by atoms with E-state index in [2.05, 4.69) is 66.1 Å². The Balaban J connectivity index is 0.000000190. The summed E-state index contributed by atoms with van der Waals surface area (Å²) >= 11 is 7.02. The number of aromatic nitrogens is 4. The number of hydrogen-bond acceptors (Lipinski definition) is 10. The fourth-order valence-corrected chi connectivity index (χ4v) is 11.8. The molecule has 16 nitrogen and oxygen atoms in total. The Morgan fingerprint density at radius 2 is 0.923 bits per heavy atom. The van der Waals surface area contributed by atoms with Crippen molar-refractivity contribution < 1.29 is 19.2 Å². The average molecular weight is 1190 g/mol. The van der Waals surface area contributed by atoms with Crippen LogP contribution in [0.1, 0.15) is 139 Å². The van der Waals surface area contributed by atoms with Crippen LogP contribution in [0, 0.1) is 13.8 Å². The van der Waals surface area contributed by atoms with Crippen molar-refractivity contribution in [3.8, 4) is 11.4 Å². The van der Waals surface area contributed by atoms with Gasteiger partial charge in [0, 0.05) is 93.4 Å². The highest BCUT2D eigenvalue weighted by atomic mass is 79.9. The van der Waals surface area contributed by atoms with Crippen molar-refractivity contribution in [2.75, 3.05) is 53.4 Å². The van der Waals surface area contributed by atoms with E-state index in [-0.39, 0.29) is 58.7 Å². The van der Waals surface area contributed by atoms with E-state index in [9.17, 15) is 28.8 Å². The summed E-state index contributed by atoms with van der Waals surface area (Å²) in [6.07, 6.45) is 2.69. The normalized spacial score (nSPS) is 19.2. The molecule has 0 aliphatic carbocycles. The lowest BCUT2D eigenvalue weighted by Gasteiger charge is -2.35. The van der Waals surface area contributed by atoms with Crippen molar-refractivity contribution in [2.24, 2.45) is 0 Å². The molecule has 4 atom stereocenters. The number of aryl methyl sites for hydroxylation is 2. The maximum atomic E-state index is 14.1. The predicted octanol–water partition coefficient (Wildman–Crippen LogP) is 8.12. The fourth-order valence-electron chi connectivity index (χ4n) is 11.3. The van der Waals surface area contributed by atoms with Gasteiger partial charge < -0.3 is 30.2 Å². The standard InChI is InChI=1S/2C30H34BrN5O3/c2*1-5-34-13-12-22(16-34)27-33-26-17-35(29(38)21-8-11-25(31)18(2)14-21)19(3)15-24(26)30(39)36(27)23-9-6-20(7-10-23)28(37)32-4/h2*6-11,14,19,22H,5,12-13,15-17H2,1-4H3,(H,32,37)/t2*19-,22?/m10/s1. The van der Waals surface area contributed by atoms with Crippen LogP contribution in [-0.2, 0) is 25.9 Å². The van der Waals surface area contributed by atoms with Crippen LogP contribution in [0.5, 0.6) is 0 Å². The van der Waals surface area contributed by atoms with Crippen LogP contribution in [0.3, 0.4) is 0 Å². The van der Waals surface area contributed by atoms with Crippen LogP contribution in [-0.4, -0.2) is 128 Å². The third-order valence-corrected chi connectivity index (χ3v) is 17.8. The molecular formula is C60H68Br2N10O6. The molecule has 4 aliphatic rings. The number of nitrogens with zero attached hydrogens (tertiary/aromatic N) is 8. The van der Waals surface area contributed by atoms with Crippen LogP contribution in [0.25, 0.3) is 11.4 Å². The van der Waals surface area contributed by atoms with Crippen molar-refractivity contribution in [1.29, 1.82) is 0 Å². The number of halogens is 2. The molecule has 2 fully saturated rings. The summed E-state index contributed by atoms with van der Waals surface area (Å²) in [5.74, 6) is 1.18. The largest absolute Gasteiger partial charge is 0.355 e. The number of rotatable bonds is 10. The molecule has 0 saturated carbocycles. The number of amides is 4. The summed E-state index contributed by atoms with van der Waals surface area (Å²) in [5, 5.41) is 5.27. The van der Waals surface area contributed by atoms with E-state index < -0.39 is 0 Å². The van der Waals surface area contributed by atoms with Crippen molar-refractivity contribution in [1.82, 2.24) is 49.3 Å². The van der Waals surface area contributed by atoms with E-state index in [0.717, 1.165) is 83.8 Å². The second kappa shape index (κ2) is 23.8. The summed E-state index contributed by atoms with van der Waals surface area (Å²) < 4.78 is 5.39. The van der Waals surface area contributed by atoms with E-state index in [0.29, 0.717) is 82.1 Å². The van der Waals surface area contributed by atoms with Gasteiger partial charge in [-0.05, 0) is 176 Å². The first kappa shape index (κ1) is 56.1. The highest BCUT2D eigenvalue weighted by molar-refractivity contribution is 9.10. The minimum atomic E-state index is -0.174. The van der Waals surface area contributed by atoms with Gasteiger partial charge in [-0.25, -0.2) is 9.97 Å². The van der Waals surface area contributed by atoms with Gasteiger partial charge in [-0.2, -0.15) is 0 Å². The monoisotopic (exact) mass is 1180 g/mol. The molecule has 2 saturated heterocycles. The molecule has 0 spiro atoms. The van der Waals surface area contributed by atoms with Crippen LogP contribution in [0.4, 0.5) is 0 Å². The van der Waals surface area contributed by atoms with Gasteiger partial charge in [-0.1, -0.05) is 45.7 Å². The van der Waals surface area contributed by atoms with Gasteiger partial charge in [0.15, 0.2) is 0 Å². The number of fused-ring (bicyclic) bond motifs is 2. The zero-order valence-electron chi connectivity index (χ0n) is 45.7. The Hall–Kier alpha value is -6.60. The molecule has 4 aliphatic heterocycles. The van der Waals surface area contributed by atoms with E-state index >= 15 is 0 Å². The minimum absolute atomic E-state index is 0.0564. The third-order valence-electron chi connectivity index (χ3n) is 16.0. The quantitative estimate of drug-likeness (QED) is 0.136. The van der Waals surface area contributed by atoms with Gasteiger partial charge in [-0.15, -0.1) is 0 Å². The van der Waals surface area contributed by atoms with Gasteiger partial charge in [-0.3, -0.25) is 37.9 Å². The molecule has 408 valence electrons. The SMILES string of the molecule is CCN1CCC(c2nc3c(c(=O)n2-c2ccc(C(=O)NC)cc2)C[C@@H](C)N(C(=O)c2ccc(Br)c(C)c2)C3)C1.CCN1CCC(c2nc3c(c(=O)n2-c2ccc(C(=O)NC)cc2)C[C@H](C)N(C(=O)c2ccc(Br)c(C)c2)C3)C1. The first-order chi connectivity index (χ1) is 37.4. The fraction of sp³-hybridized carbons (Fsp3) is 0.400. The van der Waals surface area contributed by atoms with Crippen molar-refractivity contribution in [3.05, 3.63) is 182 Å². The Kier molecular flexibility index (Phi) is 17.1.